The van der Waals surface area contributed by atoms with E-state index < -0.39 is 40.9 Å². The molecule has 1 atom stereocenters. The number of carbonyl (C=O) groups excluding carboxylic acids is 1. The molecule has 222 valence electrons. The number of nitrogens with zero attached hydrogens (tertiary/aromatic N) is 2. The van der Waals surface area contributed by atoms with Crippen LogP contribution in [0.5, 0.6) is 5.75 Å². The minimum Gasteiger partial charge on any atom is -0.481 e. The first-order valence-corrected chi connectivity index (χ1v) is 14.6. The van der Waals surface area contributed by atoms with Gasteiger partial charge in [0.2, 0.25) is 0 Å². The fourth-order valence-corrected chi connectivity index (χ4v) is 7.21. The Labute approximate surface area is 253 Å². The van der Waals surface area contributed by atoms with Gasteiger partial charge in [-0.05, 0) is 74.9 Å². The molecule has 2 N–H and O–H groups in total. The summed E-state index contributed by atoms with van der Waals surface area (Å²) in [6.45, 7) is 1.82. The van der Waals surface area contributed by atoms with E-state index in [1.54, 1.807) is 0 Å². The monoisotopic (exact) mass is 653 g/mol. The maximum atomic E-state index is 14.4. The zero-order chi connectivity index (χ0) is 30.6. The van der Waals surface area contributed by atoms with Gasteiger partial charge in [0, 0.05) is 33.1 Å². The number of carbonyl (C=O) groups is 2. The van der Waals surface area contributed by atoms with Gasteiger partial charge in [-0.3, -0.25) is 14.6 Å². The molecule has 3 aliphatic rings. The number of fused-ring (bicyclic) bond motifs is 4. The average Bonchev–Trinajstić information content (AvgIpc) is 2.97. The van der Waals surface area contributed by atoms with Crippen molar-refractivity contribution < 1.29 is 32.6 Å². The second-order valence-electron chi connectivity index (χ2n) is 11.4. The third-order valence-corrected chi connectivity index (χ3v) is 9.49. The Morgan fingerprint density at radius 2 is 1.77 bits per heavy atom. The van der Waals surface area contributed by atoms with Gasteiger partial charge in [0.1, 0.15) is 0 Å². The Morgan fingerprint density at radius 3 is 2.44 bits per heavy atom. The molecule has 3 aliphatic carbocycles. The fraction of sp³-hybridized carbons (Fsp3) is 0.312. The Hall–Kier alpha value is -3.99. The van der Waals surface area contributed by atoms with Crippen LogP contribution in [0.2, 0.25) is 0 Å². The molecule has 4 aromatic rings. The van der Waals surface area contributed by atoms with Crippen LogP contribution in [-0.2, 0) is 4.79 Å². The Morgan fingerprint density at radius 1 is 1.05 bits per heavy atom. The molecule has 0 saturated heterocycles. The van der Waals surface area contributed by atoms with E-state index in [0.717, 1.165) is 10.0 Å². The largest absolute Gasteiger partial charge is 0.573 e. The average molecular weight is 654 g/mol. The first kappa shape index (κ1) is 29.1. The van der Waals surface area contributed by atoms with Gasteiger partial charge in [-0.25, -0.2) is 4.98 Å². The summed E-state index contributed by atoms with van der Waals surface area (Å²) in [7, 11) is 0. The quantitative estimate of drug-likeness (QED) is 0.223. The third kappa shape index (κ3) is 5.24. The molecular weight excluding hydrogens is 627 g/mol. The number of carboxylic acid groups (broad SMARTS) is 1. The number of halogens is 4. The molecule has 43 heavy (non-hydrogen) atoms. The van der Waals surface area contributed by atoms with E-state index in [1.807, 2.05) is 55.5 Å². The lowest BCUT2D eigenvalue weighted by atomic mass is 9.52. The number of carboxylic acids is 1. The molecular formula is C32H27BrF3N3O4. The number of ether oxygens (including phenoxy) is 1. The zero-order valence-corrected chi connectivity index (χ0v) is 24.6. The van der Waals surface area contributed by atoms with Gasteiger partial charge >= 0.3 is 12.3 Å². The van der Waals surface area contributed by atoms with Crippen LogP contribution >= 0.6 is 15.9 Å². The number of benzene rings is 2. The number of alkyl halides is 3. The zero-order valence-electron chi connectivity index (χ0n) is 23.0. The van der Waals surface area contributed by atoms with Crippen molar-refractivity contribution in [2.24, 2.45) is 5.41 Å². The predicted octanol–water partition coefficient (Wildman–Crippen LogP) is 7.57. The molecule has 2 bridgehead atoms. The van der Waals surface area contributed by atoms with Gasteiger partial charge in [-0.2, -0.15) is 0 Å². The van der Waals surface area contributed by atoms with Crippen molar-refractivity contribution in [2.45, 2.75) is 56.8 Å². The van der Waals surface area contributed by atoms with Gasteiger partial charge in [0.05, 0.1) is 27.9 Å². The van der Waals surface area contributed by atoms with Crippen LogP contribution in [0, 0.1) is 12.3 Å². The summed E-state index contributed by atoms with van der Waals surface area (Å²) < 4.78 is 45.3. The lowest BCUT2D eigenvalue weighted by molar-refractivity contribution is -0.275. The summed E-state index contributed by atoms with van der Waals surface area (Å²) in [5.74, 6) is -2.74. The van der Waals surface area contributed by atoms with Crippen LogP contribution in [0.25, 0.3) is 22.2 Å². The molecule has 7 nitrogen and oxygen atoms in total. The van der Waals surface area contributed by atoms with Crippen LogP contribution in [0.15, 0.2) is 71.3 Å². The number of rotatable bonds is 6. The molecule has 0 aliphatic heterocycles. The molecule has 2 aromatic heterocycles. The number of hydrogen-bond acceptors (Lipinski definition) is 5. The number of pyridine rings is 2. The Balaban J connectivity index is 1.48. The van der Waals surface area contributed by atoms with Crippen molar-refractivity contribution >= 4 is 38.7 Å². The topological polar surface area (TPSA) is 101 Å². The maximum absolute atomic E-state index is 14.4. The van der Waals surface area contributed by atoms with Crippen molar-refractivity contribution in [3.05, 3.63) is 88.2 Å². The van der Waals surface area contributed by atoms with E-state index >= 15 is 0 Å². The number of aromatic nitrogens is 2. The molecule has 7 rings (SSSR count). The summed E-state index contributed by atoms with van der Waals surface area (Å²) in [5.41, 5.74) is 0.918. The third-order valence-electron chi connectivity index (χ3n) is 9.00. The molecule has 1 amide bonds. The highest BCUT2D eigenvalue weighted by molar-refractivity contribution is 9.10. The summed E-state index contributed by atoms with van der Waals surface area (Å²) in [6.07, 6.45) is -2.53. The van der Waals surface area contributed by atoms with Crippen molar-refractivity contribution in [1.29, 1.82) is 0 Å². The predicted molar refractivity (Wildman–Crippen MR) is 157 cm³/mol. The minimum absolute atomic E-state index is 0.0186. The highest BCUT2D eigenvalue weighted by Gasteiger charge is 2.60. The van der Waals surface area contributed by atoms with Crippen LogP contribution in [0.4, 0.5) is 13.2 Å². The Kier molecular flexibility index (Phi) is 7.19. The number of nitrogens with one attached hydrogen (secondary N) is 1. The number of hydrogen-bond donors (Lipinski definition) is 2. The molecule has 3 fully saturated rings. The van der Waals surface area contributed by atoms with Gasteiger partial charge in [-0.1, -0.05) is 46.3 Å². The van der Waals surface area contributed by atoms with E-state index in [2.05, 4.69) is 31.0 Å². The normalized spacial score (nSPS) is 23.2. The maximum Gasteiger partial charge on any atom is 0.573 e. The molecule has 2 aromatic carbocycles. The van der Waals surface area contributed by atoms with Gasteiger partial charge in [0.25, 0.3) is 5.91 Å². The first-order valence-electron chi connectivity index (χ1n) is 13.8. The smallest absolute Gasteiger partial charge is 0.481 e. The molecule has 0 spiro atoms. The number of amides is 1. The second-order valence-corrected chi connectivity index (χ2v) is 12.3. The van der Waals surface area contributed by atoms with E-state index in [9.17, 15) is 27.9 Å². The minimum atomic E-state index is -4.97. The molecule has 1 unspecified atom stereocenters. The van der Waals surface area contributed by atoms with Crippen LogP contribution in [0.3, 0.4) is 0 Å². The highest BCUT2D eigenvalue weighted by atomic mass is 79.9. The van der Waals surface area contributed by atoms with Crippen LogP contribution < -0.4 is 10.1 Å². The van der Waals surface area contributed by atoms with Crippen LogP contribution in [-0.4, -0.2) is 38.9 Å². The van der Waals surface area contributed by atoms with Crippen LogP contribution in [0.1, 0.15) is 59.6 Å². The molecule has 11 heteroatoms. The van der Waals surface area contributed by atoms with Crippen molar-refractivity contribution in [1.82, 2.24) is 15.3 Å². The second kappa shape index (κ2) is 10.6. The van der Waals surface area contributed by atoms with E-state index in [-0.39, 0.29) is 37.8 Å². The van der Waals surface area contributed by atoms with Crippen molar-refractivity contribution in [3.8, 4) is 17.0 Å². The van der Waals surface area contributed by atoms with Crippen molar-refractivity contribution in [2.75, 3.05) is 0 Å². The van der Waals surface area contributed by atoms with Gasteiger partial charge < -0.3 is 15.2 Å². The summed E-state index contributed by atoms with van der Waals surface area (Å²) in [5, 5.41) is 14.0. The van der Waals surface area contributed by atoms with Crippen molar-refractivity contribution in [3.63, 3.8) is 0 Å². The molecule has 2 heterocycles. The van der Waals surface area contributed by atoms with Gasteiger partial charge in [0.15, 0.2) is 5.75 Å². The van der Waals surface area contributed by atoms with E-state index in [1.165, 1.54) is 18.3 Å². The summed E-state index contributed by atoms with van der Waals surface area (Å²) in [6, 6.07) is 17.5. The number of aliphatic carboxylic acids is 1. The summed E-state index contributed by atoms with van der Waals surface area (Å²) in [4.78, 5) is 36.0. The SMILES string of the molecule is Cc1c(-c2ccccc2)nc2ccc(Br)cc2c1C(=O)NC12CCC(C(=O)O)(CC1)CC2c1ncccc1OC(F)(F)F. The van der Waals surface area contributed by atoms with Gasteiger partial charge in [-0.15, -0.1) is 13.2 Å². The Bertz CT molecular complexity index is 1740. The fourth-order valence-electron chi connectivity index (χ4n) is 6.85. The lowest BCUT2D eigenvalue weighted by Gasteiger charge is -2.56. The molecule has 3 saturated carbocycles. The standard InChI is InChI=1S/C32H27BrF3N3O4/c1-18-25(21-16-20(33)9-10-23(21)38-26(18)19-6-3-2-4-7-19)28(40)39-31-13-11-30(12-14-31,29(41)42)17-22(31)27-24(8-5-15-37-27)43-32(34,35)36/h2-10,15-16,22H,11-14,17H2,1H3,(H,39,40)(H,41,42). The molecule has 0 radical (unpaired) electrons. The van der Waals surface area contributed by atoms with E-state index in [0.29, 0.717) is 27.7 Å². The lowest BCUT2D eigenvalue weighted by Crippen LogP contribution is -2.62. The van der Waals surface area contributed by atoms with E-state index in [4.69, 9.17) is 4.98 Å². The highest BCUT2D eigenvalue weighted by Crippen LogP contribution is 2.59. The first-order chi connectivity index (χ1) is 20.4. The summed E-state index contributed by atoms with van der Waals surface area (Å²) >= 11 is 3.50.